The van der Waals surface area contributed by atoms with Gasteiger partial charge in [-0.15, -0.1) is 0 Å². The zero-order chi connectivity index (χ0) is 18.5. The lowest BCUT2D eigenvalue weighted by atomic mass is 10.1. The summed E-state index contributed by atoms with van der Waals surface area (Å²) in [7, 11) is 2.06. The van der Waals surface area contributed by atoms with E-state index in [2.05, 4.69) is 40.4 Å². The number of carbonyl (C=O) groups is 1. The highest BCUT2D eigenvalue weighted by Gasteiger charge is 2.08. The number of hydrogen-bond donors (Lipinski definition) is 2. The van der Waals surface area contributed by atoms with Gasteiger partial charge < -0.3 is 15.2 Å². The minimum atomic E-state index is -0.160. The minimum absolute atomic E-state index is 0.160. The van der Waals surface area contributed by atoms with Crippen molar-refractivity contribution in [2.45, 2.75) is 39.2 Å². The maximum atomic E-state index is 11.9. The molecule has 0 fully saturated rings. The summed E-state index contributed by atoms with van der Waals surface area (Å²) in [6.07, 6.45) is 2.71. The zero-order valence-electron chi connectivity index (χ0n) is 15.6. The third kappa shape index (κ3) is 4.23. The van der Waals surface area contributed by atoms with E-state index in [1.165, 1.54) is 5.56 Å². The van der Waals surface area contributed by atoms with Crippen LogP contribution in [0.5, 0.6) is 0 Å². The Morgan fingerprint density at radius 1 is 1.12 bits per heavy atom. The van der Waals surface area contributed by atoms with Crippen molar-refractivity contribution in [3.05, 3.63) is 59.9 Å². The average Bonchev–Trinajstić information content (AvgIpc) is 2.97. The van der Waals surface area contributed by atoms with Crippen LogP contribution in [-0.4, -0.2) is 21.6 Å². The fraction of sp³-hybridized carbons (Fsp3) is 0.333. The lowest BCUT2D eigenvalue weighted by Gasteiger charge is -2.12. The first kappa shape index (κ1) is 18.0. The molecule has 3 aromatic rings. The smallest absolute Gasteiger partial charge is 0.319 e. The van der Waals surface area contributed by atoms with E-state index in [1.54, 1.807) is 0 Å². The summed E-state index contributed by atoms with van der Waals surface area (Å²) in [6, 6.07) is 16.2. The van der Waals surface area contributed by atoms with E-state index in [0.717, 1.165) is 41.8 Å². The van der Waals surface area contributed by atoms with Crippen LogP contribution in [0, 0.1) is 0 Å². The van der Waals surface area contributed by atoms with Crippen LogP contribution in [0.3, 0.4) is 0 Å². The molecule has 0 aliphatic carbocycles. The van der Waals surface area contributed by atoms with Crippen LogP contribution in [0.1, 0.15) is 31.7 Å². The molecule has 1 heterocycles. The Hall–Kier alpha value is -2.82. The highest BCUT2D eigenvalue weighted by atomic mass is 16.2. The summed E-state index contributed by atoms with van der Waals surface area (Å²) in [6.45, 7) is 4.04. The highest BCUT2D eigenvalue weighted by molar-refractivity contribution is 5.89. The van der Waals surface area contributed by atoms with Gasteiger partial charge in [-0.3, -0.25) is 0 Å². The molecule has 1 aromatic heterocycles. The molecule has 5 heteroatoms. The summed E-state index contributed by atoms with van der Waals surface area (Å²) >= 11 is 0. The van der Waals surface area contributed by atoms with E-state index in [0.29, 0.717) is 0 Å². The van der Waals surface area contributed by atoms with Crippen LogP contribution in [0.15, 0.2) is 48.5 Å². The SMILES string of the molecule is CC[C@H](C)NC(=O)Nc1ccc(CCc2nc3ccccc3n2C)cc1. The first-order valence-corrected chi connectivity index (χ1v) is 9.13. The number of amides is 2. The lowest BCUT2D eigenvalue weighted by molar-refractivity contribution is 0.249. The Kier molecular flexibility index (Phi) is 5.56. The number of fused-ring (bicyclic) bond motifs is 1. The molecule has 0 bridgehead atoms. The molecule has 2 N–H and O–H groups in total. The molecule has 0 saturated heterocycles. The third-order valence-corrected chi connectivity index (χ3v) is 4.72. The van der Waals surface area contributed by atoms with E-state index in [9.17, 15) is 4.79 Å². The summed E-state index contributed by atoms with van der Waals surface area (Å²) < 4.78 is 2.16. The van der Waals surface area contributed by atoms with Gasteiger partial charge in [-0.25, -0.2) is 9.78 Å². The van der Waals surface area contributed by atoms with Gasteiger partial charge in [-0.05, 0) is 49.6 Å². The number of nitrogens with zero attached hydrogens (tertiary/aromatic N) is 2. The molecule has 0 saturated carbocycles. The summed E-state index contributed by atoms with van der Waals surface area (Å²) in [5.41, 5.74) is 4.23. The topological polar surface area (TPSA) is 59.0 Å². The molecular formula is C21H26N4O. The number of imidazole rings is 1. The minimum Gasteiger partial charge on any atom is -0.335 e. The molecule has 0 spiro atoms. The van der Waals surface area contributed by atoms with Gasteiger partial charge in [0.15, 0.2) is 0 Å². The molecule has 1 atom stereocenters. The molecule has 0 aliphatic rings. The van der Waals surface area contributed by atoms with Crippen molar-refractivity contribution in [1.29, 1.82) is 0 Å². The number of hydrogen-bond acceptors (Lipinski definition) is 2. The number of nitrogens with one attached hydrogen (secondary N) is 2. The molecule has 2 aromatic carbocycles. The monoisotopic (exact) mass is 350 g/mol. The standard InChI is InChI=1S/C21H26N4O/c1-4-15(2)22-21(26)23-17-12-9-16(10-13-17)11-14-20-24-18-7-5-6-8-19(18)25(20)3/h5-10,12-13,15H,4,11,14H2,1-3H3,(H2,22,23,26)/t15-/m0/s1. The molecule has 5 nitrogen and oxygen atoms in total. The van der Waals surface area contributed by atoms with E-state index in [4.69, 9.17) is 4.98 Å². The molecule has 2 amide bonds. The quantitative estimate of drug-likeness (QED) is 0.697. The first-order valence-electron chi connectivity index (χ1n) is 9.13. The van der Waals surface area contributed by atoms with Crippen molar-refractivity contribution in [2.24, 2.45) is 7.05 Å². The van der Waals surface area contributed by atoms with Crippen LogP contribution in [0.2, 0.25) is 0 Å². The van der Waals surface area contributed by atoms with Gasteiger partial charge >= 0.3 is 6.03 Å². The summed E-state index contributed by atoms with van der Waals surface area (Å²) in [5, 5.41) is 5.77. The Morgan fingerprint density at radius 2 is 1.85 bits per heavy atom. The lowest BCUT2D eigenvalue weighted by Crippen LogP contribution is -2.35. The molecule has 0 aliphatic heterocycles. The van der Waals surface area contributed by atoms with E-state index in [1.807, 2.05) is 44.2 Å². The van der Waals surface area contributed by atoms with Crippen LogP contribution in [0.4, 0.5) is 10.5 Å². The normalized spacial score (nSPS) is 12.1. The van der Waals surface area contributed by atoms with Gasteiger partial charge in [0.25, 0.3) is 0 Å². The predicted octanol–water partition coefficient (Wildman–Crippen LogP) is 4.28. The predicted molar refractivity (Wildman–Crippen MR) is 106 cm³/mol. The summed E-state index contributed by atoms with van der Waals surface area (Å²) in [4.78, 5) is 16.6. The van der Waals surface area contributed by atoms with Crippen molar-refractivity contribution in [1.82, 2.24) is 14.9 Å². The number of urea groups is 1. The maximum absolute atomic E-state index is 11.9. The Morgan fingerprint density at radius 3 is 2.54 bits per heavy atom. The fourth-order valence-corrected chi connectivity index (χ4v) is 2.92. The number of carbonyl (C=O) groups excluding carboxylic acids is 1. The molecule has 26 heavy (non-hydrogen) atoms. The second kappa shape index (κ2) is 8.04. The van der Waals surface area contributed by atoms with Crippen molar-refractivity contribution in [3.63, 3.8) is 0 Å². The highest BCUT2D eigenvalue weighted by Crippen LogP contribution is 2.17. The first-order chi connectivity index (χ1) is 12.6. The van der Waals surface area contributed by atoms with Gasteiger partial charge in [0.05, 0.1) is 11.0 Å². The van der Waals surface area contributed by atoms with Crippen LogP contribution >= 0.6 is 0 Å². The number of benzene rings is 2. The third-order valence-electron chi connectivity index (χ3n) is 4.72. The molecule has 0 unspecified atom stereocenters. The van der Waals surface area contributed by atoms with Gasteiger partial charge in [-0.2, -0.15) is 0 Å². The largest absolute Gasteiger partial charge is 0.335 e. The zero-order valence-corrected chi connectivity index (χ0v) is 15.6. The number of anilines is 1. The molecular weight excluding hydrogens is 324 g/mol. The van der Waals surface area contributed by atoms with Crippen LogP contribution < -0.4 is 10.6 Å². The second-order valence-corrected chi connectivity index (χ2v) is 6.68. The fourth-order valence-electron chi connectivity index (χ4n) is 2.92. The number of para-hydroxylation sites is 2. The van der Waals surface area contributed by atoms with Gasteiger partial charge in [0, 0.05) is 25.2 Å². The van der Waals surface area contributed by atoms with Gasteiger partial charge in [-0.1, -0.05) is 31.2 Å². The number of aromatic nitrogens is 2. The number of rotatable bonds is 6. The van der Waals surface area contributed by atoms with Gasteiger partial charge in [0.2, 0.25) is 0 Å². The maximum Gasteiger partial charge on any atom is 0.319 e. The van der Waals surface area contributed by atoms with Gasteiger partial charge in [0.1, 0.15) is 5.82 Å². The number of aryl methyl sites for hydroxylation is 3. The second-order valence-electron chi connectivity index (χ2n) is 6.68. The average molecular weight is 350 g/mol. The van der Waals surface area contributed by atoms with Crippen molar-refractivity contribution < 1.29 is 4.79 Å². The van der Waals surface area contributed by atoms with Crippen LogP contribution in [0.25, 0.3) is 11.0 Å². The molecule has 0 radical (unpaired) electrons. The Bertz CT molecular complexity index is 883. The van der Waals surface area contributed by atoms with Crippen molar-refractivity contribution in [2.75, 3.05) is 5.32 Å². The molecule has 136 valence electrons. The molecule has 3 rings (SSSR count). The summed E-state index contributed by atoms with van der Waals surface area (Å²) in [5.74, 6) is 1.08. The Labute approximate surface area is 154 Å². The van der Waals surface area contributed by atoms with E-state index >= 15 is 0 Å². The van der Waals surface area contributed by atoms with E-state index < -0.39 is 0 Å². The van der Waals surface area contributed by atoms with Crippen molar-refractivity contribution >= 4 is 22.8 Å². The van der Waals surface area contributed by atoms with Crippen molar-refractivity contribution in [3.8, 4) is 0 Å². The van der Waals surface area contributed by atoms with E-state index in [-0.39, 0.29) is 12.1 Å². The Balaban J connectivity index is 1.59. The van der Waals surface area contributed by atoms with Crippen LogP contribution in [-0.2, 0) is 19.9 Å².